The Labute approximate surface area is 205 Å². The highest BCUT2D eigenvalue weighted by molar-refractivity contribution is 5.98. The first-order valence-electron chi connectivity index (χ1n) is 11.1. The van der Waals surface area contributed by atoms with Crippen LogP contribution in [0.15, 0.2) is 66.7 Å². The smallest absolute Gasteiger partial charge is 0.497 e. The Bertz CT molecular complexity index is 1390. The van der Waals surface area contributed by atoms with Crippen LogP contribution in [0, 0.1) is 6.92 Å². The minimum Gasteiger partial charge on any atom is -0.497 e. The Morgan fingerprint density at radius 1 is 1.00 bits per heavy atom. The summed E-state index contributed by atoms with van der Waals surface area (Å²) in [4.78, 5) is 11.2. The molecule has 0 unspecified atom stereocenters. The fourth-order valence-corrected chi connectivity index (χ4v) is 4.13. The van der Waals surface area contributed by atoms with Crippen molar-refractivity contribution < 1.29 is 37.3 Å². The van der Waals surface area contributed by atoms with E-state index in [0.29, 0.717) is 23.6 Å². The summed E-state index contributed by atoms with van der Waals surface area (Å²) in [6, 6.07) is 18.7. The molecule has 0 saturated carbocycles. The summed E-state index contributed by atoms with van der Waals surface area (Å²) in [6.07, 6.45) is -5.84. The molecule has 0 aliphatic carbocycles. The van der Waals surface area contributed by atoms with Crippen LogP contribution < -0.4 is 14.2 Å². The van der Waals surface area contributed by atoms with Crippen LogP contribution in [0.5, 0.6) is 17.2 Å². The second kappa shape index (κ2) is 9.85. The van der Waals surface area contributed by atoms with E-state index in [1.54, 1.807) is 31.4 Å². The molecule has 6 nitrogen and oxygen atoms in total. The van der Waals surface area contributed by atoms with Gasteiger partial charge in [0, 0.05) is 29.3 Å². The number of methoxy groups -OCH3 is 1. The second-order valence-corrected chi connectivity index (χ2v) is 8.25. The van der Waals surface area contributed by atoms with Gasteiger partial charge >= 0.3 is 12.3 Å². The normalized spacial score (nSPS) is 12.4. The Morgan fingerprint density at radius 3 is 2.33 bits per heavy atom. The van der Waals surface area contributed by atoms with Crippen LogP contribution in [0.2, 0.25) is 0 Å². The lowest BCUT2D eigenvalue weighted by molar-refractivity contribution is -0.274. The molecule has 0 aliphatic rings. The lowest BCUT2D eigenvalue weighted by Crippen LogP contribution is -2.22. The third kappa shape index (κ3) is 5.40. The van der Waals surface area contributed by atoms with Gasteiger partial charge in [-0.1, -0.05) is 24.3 Å². The summed E-state index contributed by atoms with van der Waals surface area (Å²) in [5, 5.41) is 9.89. The molecule has 0 bridgehead atoms. The van der Waals surface area contributed by atoms with E-state index in [0.717, 1.165) is 27.8 Å². The van der Waals surface area contributed by atoms with Crippen LogP contribution in [-0.4, -0.2) is 35.2 Å². The Balaban J connectivity index is 1.81. The lowest BCUT2D eigenvalue weighted by Gasteiger charge is -2.14. The average molecular weight is 499 g/mol. The molecule has 1 N–H and O–H groups in total. The number of nitrogens with zero attached hydrogens (tertiary/aromatic N) is 1. The van der Waals surface area contributed by atoms with Crippen molar-refractivity contribution >= 4 is 16.9 Å². The van der Waals surface area contributed by atoms with Gasteiger partial charge in [0.2, 0.25) is 0 Å². The fraction of sp³-hybridized carbons (Fsp3) is 0.222. The number of aromatic nitrogens is 1. The first-order chi connectivity index (χ1) is 17.1. The van der Waals surface area contributed by atoms with Crippen molar-refractivity contribution in [3.8, 4) is 28.4 Å². The molecule has 1 aromatic heterocycles. The summed E-state index contributed by atoms with van der Waals surface area (Å²) in [5.74, 6) is -0.335. The molecule has 36 heavy (non-hydrogen) atoms. The molecule has 4 aromatic rings. The molecule has 3 aromatic carbocycles. The minimum absolute atomic E-state index is 0.312. The molecule has 0 fully saturated rings. The van der Waals surface area contributed by atoms with Gasteiger partial charge in [-0.25, -0.2) is 4.79 Å². The number of fused-ring (bicyclic) bond motifs is 1. The fourth-order valence-electron chi connectivity index (χ4n) is 4.13. The monoisotopic (exact) mass is 499 g/mol. The van der Waals surface area contributed by atoms with Crippen LogP contribution in [0.25, 0.3) is 22.0 Å². The molecule has 0 radical (unpaired) electrons. The van der Waals surface area contributed by atoms with Gasteiger partial charge in [0.1, 0.15) is 17.2 Å². The van der Waals surface area contributed by atoms with Gasteiger partial charge in [-0.3, -0.25) is 0 Å². The highest BCUT2D eigenvalue weighted by Crippen LogP contribution is 2.38. The van der Waals surface area contributed by atoms with E-state index in [1.165, 1.54) is 19.1 Å². The van der Waals surface area contributed by atoms with E-state index < -0.39 is 18.4 Å². The number of benzene rings is 3. The highest BCUT2D eigenvalue weighted by Gasteiger charge is 2.31. The summed E-state index contributed by atoms with van der Waals surface area (Å²) in [6.45, 7) is 3.64. The molecule has 0 aliphatic heterocycles. The predicted octanol–water partition coefficient (Wildman–Crippen LogP) is 6.42. The zero-order valence-electron chi connectivity index (χ0n) is 19.8. The summed E-state index contributed by atoms with van der Waals surface area (Å²) in [7, 11) is 1.57. The molecule has 1 heterocycles. The topological polar surface area (TPSA) is 69.9 Å². The highest BCUT2D eigenvalue weighted by atomic mass is 19.4. The van der Waals surface area contributed by atoms with Crippen LogP contribution in [0.1, 0.15) is 18.2 Å². The molecule has 0 spiro atoms. The molecule has 0 saturated heterocycles. The Kier molecular flexibility index (Phi) is 6.83. The summed E-state index contributed by atoms with van der Waals surface area (Å²) < 4.78 is 55.6. The SMILES string of the molecule is COc1ccc(-c2c(C)n(Cc3cccc(O[C@@H](C)C(=O)O)c3)c3cc(OC(F)(F)F)ccc23)cc1. The number of hydrogen-bond donors (Lipinski definition) is 1. The van der Waals surface area contributed by atoms with E-state index in [2.05, 4.69) is 4.74 Å². The number of carbonyl (C=O) groups is 1. The van der Waals surface area contributed by atoms with Gasteiger partial charge in [-0.05, 0) is 61.4 Å². The third-order valence-corrected chi connectivity index (χ3v) is 5.81. The van der Waals surface area contributed by atoms with Gasteiger partial charge in [0.05, 0.1) is 12.6 Å². The Morgan fingerprint density at radius 2 is 1.69 bits per heavy atom. The number of alkyl halides is 3. The second-order valence-electron chi connectivity index (χ2n) is 8.25. The first-order valence-corrected chi connectivity index (χ1v) is 11.1. The third-order valence-electron chi connectivity index (χ3n) is 5.81. The van der Waals surface area contributed by atoms with Crippen LogP contribution in [0.3, 0.4) is 0 Å². The maximum absolute atomic E-state index is 12.9. The van der Waals surface area contributed by atoms with Gasteiger partial charge in [-0.2, -0.15) is 0 Å². The zero-order valence-corrected chi connectivity index (χ0v) is 19.8. The van der Waals surface area contributed by atoms with Crippen molar-refractivity contribution in [1.29, 1.82) is 0 Å². The van der Waals surface area contributed by atoms with Crippen molar-refractivity contribution in [1.82, 2.24) is 4.57 Å². The van der Waals surface area contributed by atoms with Gasteiger partial charge < -0.3 is 23.9 Å². The molecule has 0 amide bonds. The first kappa shape index (κ1) is 25.0. The predicted molar refractivity (Wildman–Crippen MR) is 129 cm³/mol. The Hall–Kier alpha value is -4.14. The number of halogens is 3. The van der Waals surface area contributed by atoms with Crippen molar-refractivity contribution in [2.24, 2.45) is 0 Å². The minimum atomic E-state index is -4.81. The van der Waals surface area contributed by atoms with E-state index in [4.69, 9.17) is 14.6 Å². The number of rotatable bonds is 8. The summed E-state index contributed by atoms with van der Waals surface area (Å²) in [5.41, 5.74) is 3.94. The molecule has 188 valence electrons. The molecule has 9 heteroatoms. The lowest BCUT2D eigenvalue weighted by atomic mass is 10.0. The zero-order chi connectivity index (χ0) is 26.0. The van der Waals surface area contributed by atoms with Crippen LogP contribution >= 0.6 is 0 Å². The van der Waals surface area contributed by atoms with E-state index in [1.807, 2.05) is 41.8 Å². The number of carboxylic acids is 1. The van der Waals surface area contributed by atoms with Crippen molar-refractivity contribution in [3.63, 3.8) is 0 Å². The van der Waals surface area contributed by atoms with E-state index >= 15 is 0 Å². The number of ether oxygens (including phenoxy) is 3. The largest absolute Gasteiger partial charge is 0.573 e. The van der Waals surface area contributed by atoms with Crippen molar-refractivity contribution in [3.05, 3.63) is 78.0 Å². The number of aliphatic carboxylic acids is 1. The van der Waals surface area contributed by atoms with Crippen LogP contribution in [-0.2, 0) is 11.3 Å². The number of hydrogen-bond acceptors (Lipinski definition) is 4. The van der Waals surface area contributed by atoms with E-state index in [-0.39, 0.29) is 5.75 Å². The van der Waals surface area contributed by atoms with Crippen molar-refractivity contribution in [2.45, 2.75) is 32.9 Å². The summed E-state index contributed by atoms with van der Waals surface area (Å²) >= 11 is 0. The maximum atomic E-state index is 12.9. The van der Waals surface area contributed by atoms with Crippen molar-refractivity contribution in [2.75, 3.05) is 7.11 Å². The van der Waals surface area contributed by atoms with E-state index in [9.17, 15) is 18.0 Å². The molecule has 1 atom stereocenters. The maximum Gasteiger partial charge on any atom is 0.573 e. The quantitative estimate of drug-likeness (QED) is 0.303. The van der Waals surface area contributed by atoms with Gasteiger partial charge in [-0.15, -0.1) is 13.2 Å². The molecular weight excluding hydrogens is 475 g/mol. The van der Waals surface area contributed by atoms with Gasteiger partial charge in [0.15, 0.2) is 6.10 Å². The standard InChI is InChI=1S/C27H24F3NO5/c1-16-25(19-7-9-20(34-3)10-8-19)23-12-11-22(36-27(28,29)30)14-24(23)31(16)15-18-5-4-6-21(13-18)35-17(2)26(32)33/h4-14,17H,15H2,1-3H3,(H,32,33)/t17-/m0/s1. The van der Waals surface area contributed by atoms with Crippen LogP contribution in [0.4, 0.5) is 13.2 Å². The molecule has 4 rings (SSSR count). The van der Waals surface area contributed by atoms with Gasteiger partial charge in [0.25, 0.3) is 0 Å². The number of carboxylic acid groups (broad SMARTS) is 1. The molecular formula is C27H24F3NO5. The average Bonchev–Trinajstić information content (AvgIpc) is 3.09.